The van der Waals surface area contributed by atoms with Crippen LogP contribution in [0, 0.1) is 10.1 Å². The summed E-state index contributed by atoms with van der Waals surface area (Å²) >= 11 is 5.82. The number of carbonyl (C=O) groups excluding carboxylic acids is 2. The van der Waals surface area contributed by atoms with E-state index in [1.54, 1.807) is 31.2 Å². The van der Waals surface area contributed by atoms with E-state index in [0.717, 1.165) is 0 Å². The van der Waals surface area contributed by atoms with E-state index in [4.69, 9.17) is 16.3 Å². The van der Waals surface area contributed by atoms with Crippen LogP contribution in [0.25, 0.3) is 0 Å². The van der Waals surface area contributed by atoms with Gasteiger partial charge >= 0.3 is 5.97 Å². The smallest absolute Gasteiger partial charge is 0.356 e. The number of hydrogen-bond donors (Lipinski definition) is 2. The number of rotatable bonds is 7. The molecule has 2 aromatic rings. The van der Waals surface area contributed by atoms with Gasteiger partial charge in [0.25, 0.3) is 11.6 Å². The van der Waals surface area contributed by atoms with E-state index in [9.17, 15) is 19.7 Å². The highest BCUT2D eigenvalue weighted by atomic mass is 35.5. The zero-order valence-electron chi connectivity index (χ0n) is 14.3. The number of non-ortho nitro benzene ring substituents is 1. The Morgan fingerprint density at radius 1 is 1.15 bits per heavy atom. The zero-order valence-corrected chi connectivity index (χ0v) is 15.0. The predicted molar refractivity (Wildman–Crippen MR) is 100 cm³/mol. The number of esters is 1. The van der Waals surface area contributed by atoms with E-state index < -0.39 is 16.8 Å². The quantitative estimate of drug-likeness (QED) is 0.324. The first-order valence-electron chi connectivity index (χ1n) is 7.86. The van der Waals surface area contributed by atoms with Crippen molar-refractivity contribution in [1.82, 2.24) is 5.32 Å². The molecule has 8 nitrogen and oxygen atoms in total. The third-order valence-electron chi connectivity index (χ3n) is 3.31. The minimum absolute atomic E-state index is 0.116. The standard InChI is InChI=1S/C18H16ClN3O5/c1-2-27-18(24)16(11-20-14-7-5-13(19)6-8-14)21-17(23)12-3-9-15(10-4-12)22(25)26/h3-11,20H,2H2,1H3,(H,21,23). The van der Waals surface area contributed by atoms with E-state index >= 15 is 0 Å². The van der Waals surface area contributed by atoms with Gasteiger partial charge in [0, 0.05) is 34.6 Å². The van der Waals surface area contributed by atoms with Gasteiger partial charge in [0.05, 0.1) is 11.5 Å². The molecule has 2 aromatic carbocycles. The molecule has 0 radical (unpaired) electrons. The van der Waals surface area contributed by atoms with Crippen LogP contribution in [0.4, 0.5) is 11.4 Å². The summed E-state index contributed by atoms with van der Waals surface area (Å²) in [5, 5.41) is 16.5. The second kappa shape index (κ2) is 9.35. The molecule has 140 valence electrons. The fourth-order valence-corrected chi connectivity index (χ4v) is 2.11. The van der Waals surface area contributed by atoms with Gasteiger partial charge in [-0.15, -0.1) is 0 Å². The average molecular weight is 390 g/mol. The van der Waals surface area contributed by atoms with Crippen LogP contribution in [0.3, 0.4) is 0 Å². The van der Waals surface area contributed by atoms with Crippen molar-refractivity contribution >= 4 is 34.9 Å². The molecule has 0 aliphatic carbocycles. The minimum atomic E-state index is -0.728. The predicted octanol–water partition coefficient (Wildman–Crippen LogP) is 3.49. The number of nitro groups is 1. The highest BCUT2D eigenvalue weighted by Gasteiger charge is 2.16. The van der Waals surface area contributed by atoms with Crippen LogP contribution in [0.2, 0.25) is 5.02 Å². The monoisotopic (exact) mass is 389 g/mol. The van der Waals surface area contributed by atoms with Gasteiger partial charge in [-0.25, -0.2) is 4.79 Å². The summed E-state index contributed by atoms with van der Waals surface area (Å²) in [7, 11) is 0. The summed E-state index contributed by atoms with van der Waals surface area (Å²) in [6, 6.07) is 11.7. The van der Waals surface area contributed by atoms with E-state index in [0.29, 0.717) is 10.7 Å². The molecule has 0 aliphatic rings. The van der Waals surface area contributed by atoms with Gasteiger partial charge in [0.2, 0.25) is 0 Å². The number of nitro benzene ring substituents is 1. The highest BCUT2D eigenvalue weighted by Crippen LogP contribution is 2.14. The van der Waals surface area contributed by atoms with Gasteiger partial charge in [0.15, 0.2) is 0 Å². The van der Waals surface area contributed by atoms with Crippen molar-refractivity contribution in [3.05, 3.63) is 81.1 Å². The van der Waals surface area contributed by atoms with Crippen molar-refractivity contribution in [2.75, 3.05) is 11.9 Å². The molecule has 9 heteroatoms. The number of carbonyl (C=O) groups is 2. The number of amides is 1. The lowest BCUT2D eigenvalue weighted by molar-refractivity contribution is -0.384. The molecule has 0 spiro atoms. The summed E-state index contributed by atoms with van der Waals surface area (Å²) in [5.74, 6) is -1.34. The summed E-state index contributed by atoms with van der Waals surface area (Å²) < 4.78 is 4.93. The van der Waals surface area contributed by atoms with Gasteiger partial charge in [0.1, 0.15) is 5.70 Å². The third-order valence-corrected chi connectivity index (χ3v) is 3.56. The fraction of sp³-hybridized carbons (Fsp3) is 0.111. The molecule has 0 unspecified atom stereocenters. The number of nitrogens with one attached hydrogen (secondary N) is 2. The van der Waals surface area contributed by atoms with Crippen LogP contribution in [0.1, 0.15) is 17.3 Å². The van der Waals surface area contributed by atoms with Crippen molar-refractivity contribution in [1.29, 1.82) is 0 Å². The second-order valence-electron chi connectivity index (χ2n) is 5.19. The molecule has 2 rings (SSSR count). The molecular weight excluding hydrogens is 374 g/mol. The van der Waals surface area contributed by atoms with Crippen molar-refractivity contribution in [2.24, 2.45) is 0 Å². The van der Waals surface area contributed by atoms with Crippen LogP contribution in [0.5, 0.6) is 0 Å². The Kier molecular flexibility index (Phi) is 6.90. The molecule has 0 heterocycles. The van der Waals surface area contributed by atoms with Gasteiger partial charge in [-0.3, -0.25) is 14.9 Å². The van der Waals surface area contributed by atoms with Crippen molar-refractivity contribution < 1.29 is 19.2 Å². The van der Waals surface area contributed by atoms with Crippen molar-refractivity contribution in [2.45, 2.75) is 6.92 Å². The molecule has 2 N–H and O–H groups in total. The van der Waals surface area contributed by atoms with Crippen LogP contribution in [-0.2, 0) is 9.53 Å². The Hall–Kier alpha value is -3.39. The first-order valence-corrected chi connectivity index (χ1v) is 8.23. The Labute approximate surface area is 159 Å². The highest BCUT2D eigenvalue weighted by molar-refractivity contribution is 6.30. The normalized spacial score (nSPS) is 10.8. The fourth-order valence-electron chi connectivity index (χ4n) is 1.99. The average Bonchev–Trinajstić information content (AvgIpc) is 2.66. The molecule has 0 atom stereocenters. The maximum absolute atomic E-state index is 12.3. The lowest BCUT2D eigenvalue weighted by Crippen LogP contribution is -2.29. The second-order valence-corrected chi connectivity index (χ2v) is 5.62. The largest absolute Gasteiger partial charge is 0.461 e. The van der Waals surface area contributed by atoms with Crippen LogP contribution in [0.15, 0.2) is 60.4 Å². The number of hydrogen-bond acceptors (Lipinski definition) is 6. The molecule has 0 fully saturated rings. The Morgan fingerprint density at radius 3 is 2.33 bits per heavy atom. The first-order chi connectivity index (χ1) is 12.9. The van der Waals surface area contributed by atoms with Crippen LogP contribution < -0.4 is 10.6 Å². The Balaban J connectivity index is 2.16. The molecule has 1 amide bonds. The summed E-state index contributed by atoms with van der Waals surface area (Å²) in [6.45, 7) is 1.77. The summed E-state index contributed by atoms with van der Waals surface area (Å²) in [6.07, 6.45) is 1.30. The molecule has 0 aliphatic heterocycles. The minimum Gasteiger partial charge on any atom is -0.461 e. The lowest BCUT2D eigenvalue weighted by atomic mass is 10.2. The number of nitrogens with zero attached hydrogens (tertiary/aromatic N) is 1. The third kappa shape index (κ3) is 5.82. The number of ether oxygens (including phenoxy) is 1. The van der Waals surface area contributed by atoms with E-state index in [2.05, 4.69) is 10.6 Å². The van der Waals surface area contributed by atoms with Gasteiger partial charge in [-0.05, 0) is 43.3 Å². The summed E-state index contributed by atoms with van der Waals surface area (Å²) in [5.41, 5.74) is 0.542. The van der Waals surface area contributed by atoms with Gasteiger partial charge in [-0.2, -0.15) is 0 Å². The molecular formula is C18H16ClN3O5. The van der Waals surface area contributed by atoms with Gasteiger partial charge < -0.3 is 15.4 Å². The number of anilines is 1. The van der Waals surface area contributed by atoms with Gasteiger partial charge in [-0.1, -0.05) is 11.6 Å². The first kappa shape index (κ1) is 19.9. The van der Waals surface area contributed by atoms with E-state index in [1.165, 1.54) is 30.5 Å². The van der Waals surface area contributed by atoms with Crippen LogP contribution >= 0.6 is 11.6 Å². The lowest BCUT2D eigenvalue weighted by Gasteiger charge is -2.10. The van der Waals surface area contributed by atoms with Crippen molar-refractivity contribution in [3.8, 4) is 0 Å². The maximum atomic E-state index is 12.3. The SMILES string of the molecule is CCOC(=O)C(=CNc1ccc(Cl)cc1)NC(=O)c1ccc([N+](=O)[O-])cc1. The molecule has 0 aromatic heterocycles. The molecule has 0 bridgehead atoms. The van der Waals surface area contributed by atoms with E-state index in [1.807, 2.05) is 0 Å². The zero-order chi connectivity index (χ0) is 19.8. The Bertz CT molecular complexity index is 864. The maximum Gasteiger partial charge on any atom is 0.356 e. The van der Waals surface area contributed by atoms with Crippen LogP contribution in [-0.4, -0.2) is 23.4 Å². The number of halogens is 1. The molecule has 27 heavy (non-hydrogen) atoms. The number of benzene rings is 2. The van der Waals surface area contributed by atoms with E-state index in [-0.39, 0.29) is 23.6 Å². The molecule has 0 saturated carbocycles. The topological polar surface area (TPSA) is 111 Å². The van der Waals surface area contributed by atoms with Crippen molar-refractivity contribution in [3.63, 3.8) is 0 Å². The Morgan fingerprint density at radius 2 is 1.78 bits per heavy atom. The molecule has 0 saturated heterocycles. The summed E-state index contributed by atoms with van der Waals surface area (Å²) in [4.78, 5) is 34.5.